The van der Waals surface area contributed by atoms with E-state index in [9.17, 15) is 4.79 Å². The Labute approximate surface area is 150 Å². The lowest BCUT2D eigenvalue weighted by atomic mass is 10.00. The molecule has 3 rings (SSSR count). The molecule has 1 aliphatic rings. The zero-order valence-electron chi connectivity index (χ0n) is 13.7. The second-order valence-corrected chi connectivity index (χ2v) is 6.93. The number of rotatable bonds is 3. The van der Waals surface area contributed by atoms with Crippen LogP contribution in [0.4, 0.5) is 5.69 Å². The van der Waals surface area contributed by atoms with Gasteiger partial charge in [0, 0.05) is 16.3 Å². The van der Waals surface area contributed by atoms with E-state index in [2.05, 4.69) is 5.32 Å². The summed E-state index contributed by atoms with van der Waals surface area (Å²) in [5, 5.41) is 5.84. The highest BCUT2D eigenvalue weighted by Crippen LogP contribution is 2.35. The molecule has 0 amide bonds. The van der Waals surface area contributed by atoms with E-state index in [1.807, 2.05) is 60.5 Å². The summed E-state index contributed by atoms with van der Waals surface area (Å²) >= 11 is 7.16. The maximum Gasteiger partial charge on any atom is 0.338 e. The van der Waals surface area contributed by atoms with Gasteiger partial charge in [-0.25, -0.2) is 4.79 Å². The number of methoxy groups -OCH3 is 1. The van der Waals surface area contributed by atoms with Crippen LogP contribution in [0.5, 0.6) is 0 Å². The number of benzene rings is 1. The largest absolute Gasteiger partial charge is 0.466 e. The Bertz CT molecular complexity index is 795. The molecule has 0 saturated heterocycles. The molecule has 2 heterocycles. The van der Waals surface area contributed by atoms with Gasteiger partial charge in [-0.2, -0.15) is 0 Å². The monoisotopic (exact) mass is 358 g/mol. The second-order valence-electron chi connectivity index (χ2n) is 5.56. The number of thiophene rings is 1. The minimum absolute atomic E-state index is 0.286. The molecule has 0 unspecified atom stereocenters. The molecule has 24 heavy (non-hydrogen) atoms. The van der Waals surface area contributed by atoms with E-state index in [0.29, 0.717) is 10.7 Å². The Morgan fingerprint density at radius 1 is 1.25 bits per heavy atom. The van der Waals surface area contributed by atoms with Crippen LogP contribution in [0, 0.1) is 6.92 Å². The molecule has 6 heteroatoms. The van der Waals surface area contributed by atoms with Crippen molar-refractivity contribution in [2.45, 2.75) is 19.9 Å². The maximum atomic E-state index is 12.4. The molecule has 1 aliphatic heterocycles. The van der Waals surface area contributed by atoms with Gasteiger partial charge in [0.2, 0.25) is 0 Å². The van der Waals surface area contributed by atoms with E-state index in [1.54, 1.807) is 11.3 Å². The van der Waals surface area contributed by atoms with Crippen LogP contribution >= 0.6 is 23.6 Å². The standard InChI is InChI=1S/C18H18N2O2S2/c1-11-6-8-13(9-7-11)20-12(2)15(17(21)22-3)16(19-18(20)23)14-5-4-10-24-14/h4-10,16H,1-3H3,(H,19,23)/t16-/m1/s1. The highest BCUT2D eigenvalue weighted by atomic mass is 32.1. The zero-order valence-corrected chi connectivity index (χ0v) is 15.3. The summed E-state index contributed by atoms with van der Waals surface area (Å²) in [4.78, 5) is 15.3. The third kappa shape index (κ3) is 2.95. The molecule has 2 aromatic rings. The Kier molecular flexibility index (Phi) is 4.69. The number of ether oxygens (including phenoxy) is 1. The number of carbonyl (C=O) groups excluding carboxylic acids is 1. The number of nitrogens with zero attached hydrogens (tertiary/aromatic N) is 1. The number of hydrogen-bond donors (Lipinski definition) is 1. The number of hydrogen-bond acceptors (Lipinski definition) is 4. The number of anilines is 1. The van der Waals surface area contributed by atoms with Gasteiger partial charge in [0.1, 0.15) is 0 Å². The fourth-order valence-corrected chi connectivity index (χ4v) is 3.94. The lowest BCUT2D eigenvalue weighted by molar-refractivity contribution is -0.136. The van der Waals surface area contributed by atoms with E-state index in [-0.39, 0.29) is 12.0 Å². The average molecular weight is 358 g/mol. The van der Waals surface area contributed by atoms with Crippen LogP contribution in [0.2, 0.25) is 0 Å². The first-order valence-electron chi connectivity index (χ1n) is 7.52. The SMILES string of the molecule is COC(=O)C1=C(C)N(c2ccc(C)cc2)C(=S)N[C@@H]1c1cccs1. The van der Waals surface area contributed by atoms with Gasteiger partial charge in [-0.05, 0) is 49.6 Å². The minimum atomic E-state index is -0.349. The molecule has 1 aromatic carbocycles. The first-order chi connectivity index (χ1) is 11.5. The van der Waals surface area contributed by atoms with Crippen molar-refractivity contribution in [3.05, 3.63) is 63.5 Å². The summed E-state index contributed by atoms with van der Waals surface area (Å²) in [5.74, 6) is -0.349. The van der Waals surface area contributed by atoms with Crippen LogP contribution in [0.1, 0.15) is 23.4 Å². The Hall–Kier alpha value is -2.18. The fraction of sp³-hybridized carbons (Fsp3) is 0.222. The molecule has 0 spiro atoms. The number of allylic oxidation sites excluding steroid dienone is 1. The Morgan fingerprint density at radius 2 is 1.96 bits per heavy atom. The highest BCUT2D eigenvalue weighted by molar-refractivity contribution is 7.80. The van der Waals surface area contributed by atoms with Crippen LogP contribution in [0.15, 0.2) is 53.0 Å². The van der Waals surface area contributed by atoms with E-state index in [0.717, 1.165) is 16.3 Å². The third-order valence-electron chi connectivity index (χ3n) is 4.01. The van der Waals surface area contributed by atoms with Gasteiger partial charge in [0.05, 0.1) is 18.7 Å². The van der Waals surface area contributed by atoms with Crippen molar-refractivity contribution in [2.24, 2.45) is 0 Å². The van der Waals surface area contributed by atoms with Crippen molar-refractivity contribution < 1.29 is 9.53 Å². The molecule has 0 fully saturated rings. The highest BCUT2D eigenvalue weighted by Gasteiger charge is 2.35. The molecular formula is C18H18N2O2S2. The Balaban J connectivity index is 2.12. The minimum Gasteiger partial charge on any atom is -0.466 e. The summed E-state index contributed by atoms with van der Waals surface area (Å²) in [7, 11) is 1.40. The van der Waals surface area contributed by atoms with E-state index in [4.69, 9.17) is 17.0 Å². The van der Waals surface area contributed by atoms with Crippen molar-refractivity contribution in [2.75, 3.05) is 12.0 Å². The van der Waals surface area contributed by atoms with Crippen LogP contribution in [-0.2, 0) is 9.53 Å². The number of nitrogens with one attached hydrogen (secondary N) is 1. The van der Waals surface area contributed by atoms with Crippen LogP contribution in [-0.4, -0.2) is 18.2 Å². The quantitative estimate of drug-likeness (QED) is 0.665. The van der Waals surface area contributed by atoms with Gasteiger partial charge in [-0.1, -0.05) is 23.8 Å². The van der Waals surface area contributed by atoms with Crippen molar-refractivity contribution >= 4 is 40.3 Å². The topological polar surface area (TPSA) is 41.6 Å². The van der Waals surface area contributed by atoms with Crippen LogP contribution in [0.3, 0.4) is 0 Å². The molecule has 0 saturated carbocycles. The first-order valence-corrected chi connectivity index (χ1v) is 8.81. The van der Waals surface area contributed by atoms with Gasteiger partial charge in [0.15, 0.2) is 5.11 Å². The molecule has 1 atom stereocenters. The van der Waals surface area contributed by atoms with Gasteiger partial charge in [-0.3, -0.25) is 4.90 Å². The smallest absolute Gasteiger partial charge is 0.338 e. The predicted molar refractivity (Wildman–Crippen MR) is 101 cm³/mol. The first kappa shape index (κ1) is 16.7. The summed E-state index contributed by atoms with van der Waals surface area (Å²) in [6.45, 7) is 3.94. The summed E-state index contributed by atoms with van der Waals surface area (Å²) in [5.41, 5.74) is 3.45. The maximum absolute atomic E-state index is 12.4. The summed E-state index contributed by atoms with van der Waals surface area (Å²) < 4.78 is 5.02. The lowest BCUT2D eigenvalue weighted by Gasteiger charge is -2.37. The van der Waals surface area contributed by atoms with Gasteiger partial charge in [0.25, 0.3) is 0 Å². The number of esters is 1. The number of carbonyl (C=O) groups is 1. The molecule has 1 aromatic heterocycles. The fourth-order valence-electron chi connectivity index (χ4n) is 2.79. The van der Waals surface area contributed by atoms with Crippen molar-refractivity contribution in [1.29, 1.82) is 0 Å². The van der Waals surface area contributed by atoms with Crippen molar-refractivity contribution in [3.8, 4) is 0 Å². The predicted octanol–water partition coefficient (Wildman–Crippen LogP) is 3.94. The summed E-state index contributed by atoms with van der Waals surface area (Å²) in [6.07, 6.45) is 0. The normalized spacial score (nSPS) is 17.7. The van der Waals surface area contributed by atoms with E-state index in [1.165, 1.54) is 12.7 Å². The van der Waals surface area contributed by atoms with Crippen molar-refractivity contribution in [3.63, 3.8) is 0 Å². The Morgan fingerprint density at radius 3 is 2.54 bits per heavy atom. The average Bonchev–Trinajstić information content (AvgIpc) is 3.10. The molecular weight excluding hydrogens is 340 g/mol. The van der Waals surface area contributed by atoms with Gasteiger partial charge in [-0.15, -0.1) is 11.3 Å². The molecule has 1 N–H and O–H groups in total. The molecule has 124 valence electrons. The van der Waals surface area contributed by atoms with Gasteiger partial charge < -0.3 is 10.1 Å². The van der Waals surface area contributed by atoms with E-state index < -0.39 is 0 Å². The third-order valence-corrected chi connectivity index (χ3v) is 5.25. The summed E-state index contributed by atoms with van der Waals surface area (Å²) in [6, 6.07) is 11.7. The van der Waals surface area contributed by atoms with Crippen molar-refractivity contribution in [1.82, 2.24) is 5.32 Å². The van der Waals surface area contributed by atoms with Gasteiger partial charge >= 0.3 is 5.97 Å². The zero-order chi connectivity index (χ0) is 17.3. The molecule has 0 aliphatic carbocycles. The number of aryl methyl sites for hydroxylation is 1. The number of thiocarbonyl (C=S) groups is 1. The van der Waals surface area contributed by atoms with E-state index >= 15 is 0 Å². The molecule has 0 radical (unpaired) electrons. The molecule has 4 nitrogen and oxygen atoms in total. The van der Waals surface area contributed by atoms with Crippen LogP contribution in [0.25, 0.3) is 0 Å². The molecule has 0 bridgehead atoms. The lowest BCUT2D eigenvalue weighted by Crippen LogP contribution is -2.47. The second kappa shape index (κ2) is 6.75. The van der Waals surface area contributed by atoms with Crippen LogP contribution < -0.4 is 10.2 Å².